The van der Waals surface area contributed by atoms with E-state index in [4.69, 9.17) is 18.6 Å². The Balaban J connectivity index is 2.30. The molecule has 1 aromatic heterocycles. The van der Waals surface area contributed by atoms with E-state index < -0.39 is 5.91 Å². The molecule has 0 spiro atoms. The molecule has 1 aromatic carbocycles. The number of ether oxygens (including phenoxy) is 3. The van der Waals surface area contributed by atoms with Crippen molar-refractivity contribution in [2.45, 2.75) is 0 Å². The first-order valence-electron chi connectivity index (χ1n) is 5.69. The summed E-state index contributed by atoms with van der Waals surface area (Å²) in [6.45, 7) is 0. The Kier molecular flexibility index (Phi) is 4.09. The van der Waals surface area contributed by atoms with Crippen molar-refractivity contribution in [3.05, 3.63) is 30.5 Å². The zero-order valence-electron chi connectivity index (χ0n) is 11.3. The molecule has 7 nitrogen and oxygen atoms in total. The minimum atomic E-state index is -0.395. The normalized spacial score (nSPS) is 9.95. The third-order valence-corrected chi connectivity index (χ3v) is 2.59. The number of hydrogen-bond donors (Lipinski definition) is 1. The van der Waals surface area contributed by atoms with Crippen molar-refractivity contribution >= 4 is 11.6 Å². The van der Waals surface area contributed by atoms with Gasteiger partial charge in [-0.1, -0.05) is 0 Å². The number of oxazole rings is 1. The van der Waals surface area contributed by atoms with Gasteiger partial charge in [0, 0.05) is 17.8 Å². The summed E-state index contributed by atoms with van der Waals surface area (Å²) in [5.41, 5.74) is 0.672. The largest absolute Gasteiger partial charge is 0.493 e. The minimum absolute atomic E-state index is 0.179. The number of methoxy groups -OCH3 is 3. The smallest absolute Gasteiger partial charge is 0.277 e. The van der Waals surface area contributed by atoms with Gasteiger partial charge in [-0.3, -0.25) is 4.79 Å². The van der Waals surface area contributed by atoms with Crippen molar-refractivity contribution in [3.8, 4) is 17.2 Å². The van der Waals surface area contributed by atoms with Crippen LogP contribution in [0.1, 0.15) is 10.5 Å². The molecule has 0 radical (unpaired) electrons. The fourth-order valence-electron chi connectivity index (χ4n) is 1.67. The summed E-state index contributed by atoms with van der Waals surface area (Å²) < 4.78 is 20.4. The predicted molar refractivity (Wildman–Crippen MR) is 70.6 cm³/mol. The van der Waals surface area contributed by atoms with E-state index >= 15 is 0 Å². The summed E-state index contributed by atoms with van der Waals surface area (Å²) in [6.07, 6.45) is 2.44. The van der Waals surface area contributed by atoms with E-state index in [1.165, 1.54) is 34.0 Å². The second-order valence-electron chi connectivity index (χ2n) is 3.74. The van der Waals surface area contributed by atoms with Gasteiger partial charge in [-0.25, -0.2) is 4.98 Å². The molecule has 7 heteroatoms. The van der Waals surface area contributed by atoms with Crippen molar-refractivity contribution in [3.63, 3.8) is 0 Å². The summed E-state index contributed by atoms with van der Waals surface area (Å²) in [5, 5.41) is 2.67. The molecule has 0 aliphatic rings. The van der Waals surface area contributed by atoms with Gasteiger partial charge >= 0.3 is 0 Å². The van der Waals surface area contributed by atoms with E-state index in [0.29, 0.717) is 22.9 Å². The molecule has 0 saturated carbocycles. The Bertz CT molecular complexity index is 570. The second kappa shape index (κ2) is 5.96. The molecule has 0 fully saturated rings. The van der Waals surface area contributed by atoms with Crippen LogP contribution >= 0.6 is 0 Å². The van der Waals surface area contributed by atoms with Crippen LogP contribution in [0.3, 0.4) is 0 Å². The van der Waals surface area contributed by atoms with Crippen LogP contribution < -0.4 is 19.5 Å². The van der Waals surface area contributed by atoms with Gasteiger partial charge in [0.25, 0.3) is 5.91 Å². The van der Waals surface area contributed by atoms with Crippen molar-refractivity contribution in [2.24, 2.45) is 0 Å². The molecular formula is C13H14N2O5. The lowest BCUT2D eigenvalue weighted by molar-refractivity contribution is 0.102. The van der Waals surface area contributed by atoms with Crippen molar-refractivity contribution < 1.29 is 23.4 Å². The standard InChI is InChI=1S/C13H14N2O5/c1-17-10-4-8(5-11(18-2)12(10)19-3)15-13(16)9-6-20-7-14-9/h4-7H,1-3H3,(H,15,16). The maximum atomic E-state index is 11.9. The fraction of sp³-hybridized carbons (Fsp3) is 0.231. The summed E-state index contributed by atoms with van der Waals surface area (Å²) in [6, 6.07) is 3.25. The van der Waals surface area contributed by atoms with Gasteiger partial charge in [0.1, 0.15) is 6.26 Å². The first-order valence-corrected chi connectivity index (χ1v) is 5.69. The Hall–Kier alpha value is -2.70. The summed E-state index contributed by atoms with van der Waals surface area (Å²) in [4.78, 5) is 15.6. The quantitative estimate of drug-likeness (QED) is 0.900. The molecule has 1 heterocycles. The number of aromatic nitrogens is 1. The van der Waals surface area contributed by atoms with Crippen LogP contribution in [0.25, 0.3) is 0 Å². The maximum absolute atomic E-state index is 11.9. The Morgan fingerprint density at radius 2 is 1.80 bits per heavy atom. The molecule has 0 unspecified atom stereocenters. The van der Waals surface area contributed by atoms with Gasteiger partial charge < -0.3 is 23.9 Å². The van der Waals surface area contributed by atoms with Gasteiger partial charge in [0.2, 0.25) is 5.75 Å². The van der Waals surface area contributed by atoms with Gasteiger partial charge in [-0.2, -0.15) is 0 Å². The molecule has 0 aliphatic heterocycles. The van der Waals surface area contributed by atoms with Crippen LogP contribution in [0.4, 0.5) is 5.69 Å². The van der Waals surface area contributed by atoms with Crippen LogP contribution in [0.5, 0.6) is 17.2 Å². The third kappa shape index (κ3) is 2.66. The lowest BCUT2D eigenvalue weighted by Crippen LogP contribution is -2.12. The van der Waals surface area contributed by atoms with Gasteiger partial charge in [-0.05, 0) is 0 Å². The van der Waals surface area contributed by atoms with Crippen LogP contribution in [-0.4, -0.2) is 32.2 Å². The summed E-state index contributed by atoms with van der Waals surface area (Å²) in [5.74, 6) is 0.951. The molecule has 106 valence electrons. The van der Waals surface area contributed by atoms with E-state index in [0.717, 1.165) is 0 Å². The average Bonchev–Trinajstić information content (AvgIpc) is 3.00. The predicted octanol–water partition coefficient (Wildman–Crippen LogP) is 1.95. The lowest BCUT2D eigenvalue weighted by Gasteiger charge is -2.14. The maximum Gasteiger partial charge on any atom is 0.277 e. The highest BCUT2D eigenvalue weighted by atomic mass is 16.5. The Morgan fingerprint density at radius 1 is 1.15 bits per heavy atom. The number of rotatable bonds is 5. The monoisotopic (exact) mass is 278 g/mol. The number of nitrogens with zero attached hydrogens (tertiary/aromatic N) is 1. The van der Waals surface area contributed by atoms with Crippen LogP contribution in [0, 0.1) is 0 Å². The van der Waals surface area contributed by atoms with E-state index in [1.807, 2.05) is 0 Å². The van der Waals surface area contributed by atoms with Gasteiger partial charge in [0.05, 0.1) is 21.3 Å². The number of amides is 1. The highest BCUT2D eigenvalue weighted by Crippen LogP contribution is 2.39. The molecule has 0 aliphatic carbocycles. The molecule has 2 rings (SSSR count). The number of anilines is 1. The highest BCUT2D eigenvalue weighted by molar-refractivity contribution is 6.02. The molecule has 0 saturated heterocycles. The van der Waals surface area contributed by atoms with E-state index in [-0.39, 0.29) is 5.69 Å². The molecule has 1 N–H and O–H groups in total. The third-order valence-electron chi connectivity index (χ3n) is 2.59. The summed E-state index contributed by atoms with van der Waals surface area (Å²) in [7, 11) is 4.51. The SMILES string of the molecule is COc1cc(NC(=O)c2cocn2)cc(OC)c1OC. The molecule has 1 amide bonds. The molecular weight excluding hydrogens is 264 g/mol. The first-order chi connectivity index (χ1) is 9.69. The zero-order valence-corrected chi connectivity index (χ0v) is 11.3. The summed E-state index contributed by atoms with van der Waals surface area (Å²) >= 11 is 0. The van der Waals surface area contributed by atoms with Crippen molar-refractivity contribution in [2.75, 3.05) is 26.6 Å². The van der Waals surface area contributed by atoms with Crippen LogP contribution in [0.15, 0.2) is 29.2 Å². The number of benzene rings is 1. The van der Waals surface area contributed by atoms with E-state index in [9.17, 15) is 4.79 Å². The second-order valence-corrected chi connectivity index (χ2v) is 3.74. The van der Waals surface area contributed by atoms with E-state index in [2.05, 4.69) is 10.3 Å². The first kappa shape index (κ1) is 13.7. The molecule has 2 aromatic rings. The van der Waals surface area contributed by atoms with Crippen LogP contribution in [0.2, 0.25) is 0 Å². The number of carbonyl (C=O) groups excluding carboxylic acids is 1. The molecule has 20 heavy (non-hydrogen) atoms. The topological polar surface area (TPSA) is 82.8 Å². The lowest BCUT2D eigenvalue weighted by atomic mass is 10.2. The number of hydrogen-bond acceptors (Lipinski definition) is 6. The van der Waals surface area contributed by atoms with Gasteiger partial charge in [0.15, 0.2) is 23.6 Å². The van der Waals surface area contributed by atoms with Gasteiger partial charge in [-0.15, -0.1) is 0 Å². The van der Waals surface area contributed by atoms with Crippen LogP contribution in [-0.2, 0) is 0 Å². The molecule has 0 bridgehead atoms. The van der Waals surface area contributed by atoms with Crippen molar-refractivity contribution in [1.82, 2.24) is 4.98 Å². The zero-order chi connectivity index (χ0) is 14.5. The minimum Gasteiger partial charge on any atom is -0.493 e. The Labute approximate surface area is 115 Å². The van der Waals surface area contributed by atoms with Crippen molar-refractivity contribution in [1.29, 1.82) is 0 Å². The number of nitrogens with one attached hydrogen (secondary N) is 1. The number of carbonyl (C=O) groups is 1. The highest BCUT2D eigenvalue weighted by Gasteiger charge is 2.15. The fourth-order valence-corrected chi connectivity index (χ4v) is 1.67. The Morgan fingerprint density at radius 3 is 2.25 bits per heavy atom. The molecule has 0 atom stereocenters. The average molecular weight is 278 g/mol. The van der Waals surface area contributed by atoms with E-state index in [1.54, 1.807) is 12.1 Å².